The Morgan fingerprint density at radius 2 is 1.62 bits per heavy atom. The van der Waals surface area contributed by atoms with E-state index < -0.39 is 0 Å². The van der Waals surface area contributed by atoms with E-state index in [-0.39, 0.29) is 0 Å². The highest BCUT2D eigenvalue weighted by atomic mass is 79.9. The van der Waals surface area contributed by atoms with Gasteiger partial charge in [0.1, 0.15) is 17.5 Å². The molecule has 1 aromatic heterocycles. The molecule has 0 atom stereocenters. The van der Waals surface area contributed by atoms with E-state index in [2.05, 4.69) is 76.4 Å². The van der Waals surface area contributed by atoms with Crippen LogP contribution >= 0.6 is 15.9 Å². The lowest BCUT2D eigenvalue weighted by Crippen LogP contribution is -2.05. The van der Waals surface area contributed by atoms with Gasteiger partial charge in [0.2, 0.25) is 0 Å². The molecular formula is C16H21BrN4. The van der Waals surface area contributed by atoms with Crippen molar-refractivity contribution in [2.75, 3.05) is 17.2 Å². The van der Waals surface area contributed by atoms with Crippen LogP contribution in [0.1, 0.15) is 30.8 Å². The standard InChI is InChI=1S/C16H21BrN4/c1-5-13-20-14(18-6-2)9-15(21-13)19-12-7-10(3)16(17)11(4)8-12/h7-9H,5-6H2,1-4H3,(H2,18,19,20,21). The third kappa shape index (κ3) is 3.94. The van der Waals surface area contributed by atoms with Crippen LogP contribution in [0.5, 0.6) is 0 Å². The summed E-state index contributed by atoms with van der Waals surface area (Å²) in [6.45, 7) is 9.13. The van der Waals surface area contributed by atoms with Gasteiger partial charge in [-0.2, -0.15) is 0 Å². The zero-order valence-electron chi connectivity index (χ0n) is 12.9. The second kappa shape index (κ2) is 6.89. The fourth-order valence-electron chi connectivity index (χ4n) is 2.16. The Hall–Kier alpha value is -1.62. The molecule has 1 heterocycles. The van der Waals surface area contributed by atoms with E-state index in [0.29, 0.717) is 0 Å². The number of halogens is 1. The van der Waals surface area contributed by atoms with Crippen LogP contribution in [0.2, 0.25) is 0 Å². The van der Waals surface area contributed by atoms with Gasteiger partial charge in [-0.3, -0.25) is 0 Å². The molecule has 0 aliphatic heterocycles. The van der Waals surface area contributed by atoms with Gasteiger partial charge < -0.3 is 10.6 Å². The van der Waals surface area contributed by atoms with Crippen molar-refractivity contribution < 1.29 is 0 Å². The average molecular weight is 349 g/mol. The number of hydrogen-bond donors (Lipinski definition) is 2. The Balaban J connectivity index is 2.32. The molecular weight excluding hydrogens is 328 g/mol. The maximum absolute atomic E-state index is 4.54. The first kappa shape index (κ1) is 15.8. The van der Waals surface area contributed by atoms with E-state index >= 15 is 0 Å². The number of benzene rings is 1. The van der Waals surface area contributed by atoms with E-state index in [1.807, 2.05) is 6.07 Å². The van der Waals surface area contributed by atoms with Crippen LogP contribution in [0.4, 0.5) is 17.3 Å². The molecule has 0 amide bonds. The molecule has 2 N–H and O–H groups in total. The second-order valence-corrected chi connectivity index (χ2v) is 5.78. The number of nitrogens with one attached hydrogen (secondary N) is 2. The van der Waals surface area contributed by atoms with Crippen molar-refractivity contribution in [2.24, 2.45) is 0 Å². The monoisotopic (exact) mass is 348 g/mol. The first-order chi connectivity index (χ1) is 10.0. The van der Waals surface area contributed by atoms with Crippen LogP contribution in [0.25, 0.3) is 0 Å². The summed E-state index contributed by atoms with van der Waals surface area (Å²) in [7, 11) is 0. The normalized spacial score (nSPS) is 10.5. The predicted molar refractivity (Wildman–Crippen MR) is 92.5 cm³/mol. The Morgan fingerprint density at radius 1 is 1.00 bits per heavy atom. The van der Waals surface area contributed by atoms with E-state index in [1.165, 1.54) is 11.1 Å². The van der Waals surface area contributed by atoms with E-state index in [0.717, 1.165) is 40.6 Å². The molecule has 4 nitrogen and oxygen atoms in total. The summed E-state index contributed by atoms with van der Waals surface area (Å²) in [5.41, 5.74) is 3.44. The van der Waals surface area contributed by atoms with Crippen LogP contribution in [0, 0.1) is 13.8 Å². The lowest BCUT2D eigenvalue weighted by atomic mass is 10.1. The summed E-state index contributed by atoms with van der Waals surface area (Å²) < 4.78 is 1.15. The molecule has 0 aliphatic carbocycles. The van der Waals surface area contributed by atoms with Gasteiger partial charge in [0, 0.05) is 29.2 Å². The van der Waals surface area contributed by atoms with Gasteiger partial charge in [-0.25, -0.2) is 9.97 Å². The molecule has 2 rings (SSSR count). The van der Waals surface area contributed by atoms with Crippen molar-refractivity contribution in [1.82, 2.24) is 9.97 Å². The van der Waals surface area contributed by atoms with Crippen molar-refractivity contribution in [2.45, 2.75) is 34.1 Å². The van der Waals surface area contributed by atoms with E-state index in [1.54, 1.807) is 0 Å². The molecule has 1 aromatic carbocycles. The third-order valence-corrected chi connectivity index (χ3v) is 4.41. The molecule has 0 unspecified atom stereocenters. The molecule has 112 valence electrons. The minimum Gasteiger partial charge on any atom is -0.370 e. The maximum Gasteiger partial charge on any atom is 0.136 e. The smallest absolute Gasteiger partial charge is 0.136 e. The Morgan fingerprint density at radius 3 is 2.19 bits per heavy atom. The van der Waals surface area contributed by atoms with Crippen LogP contribution in [0.3, 0.4) is 0 Å². The molecule has 0 saturated carbocycles. The van der Waals surface area contributed by atoms with Crippen molar-refractivity contribution in [1.29, 1.82) is 0 Å². The zero-order chi connectivity index (χ0) is 15.4. The lowest BCUT2D eigenvalue weighted by Gasteiger charge is -2.12. The fourth-order valence-corrected chi connectivity index (χ4v) is 2.39. The molecule has 0 aliphatic rings. The molecule has 21 heavy (non-hydrogen) atoms. The predicted octanol–water partition coefficient (Wildman–Crippen LogP) is 4.59. The van der Waals surface area contributed by atoms with Crippen LogP contribution in [-0.4, -0.2) is 16.5 Å². The summed E-state index contributed by atoms with van der Waals surface area (Å²) in [6.07, 6.45) is 0.812. The minimum atomic E-state index is 0.812. The molecule has 0 radical (unpaired) electrons. The second-order valence-electron chi connectivity index (χ2n) is 4.99. The average Bonchev–Trinajstić information content (AvgIpc) is 2.44. The highest BCUT2D eigenvalue weighted by molar-refractivity contribution is 9.10. The quantitative estimate of drug-likeness (QED) is 0.829. The number of rotatable bonds is 5. The van der Waals surface area contributed by atoms with Gasteiger partial charge in [-0.1, -0.05) is 22.9 Å². The number of aromatic nitrogens is 2. The van der Waals surface area contributed by atoms with Crippen molar-refractivity contribution in [3.63, 3.8) is 0 Å². The van der Waals surface area contributed by atoms with Gasteiger partial charge in [-0.05, 0) is 44.0 Å². The largest absolute Gasteiger partial charge is 0.370 e. The van der Waals surface area contributed by atoms with Crippen LogP contribution in [0.15, 0.2) is 22.7 Å². The molecule has 0 saturated heterocycles. The number of nitrogens with zero attached hydrogens (tertiary/aromatic N) is 2. The highest BCUT2D eigenvalue weighted by Gasteiger charge is 2.06. The summed E-state index contributed by atoms with van der Waals surface area (Å²) in [5, 5.41) is 6.62. The van der Waals surface area contributed by atoms with Crippen molar-refractivity contribution in [3.8, 4) is 0 Å². The summed E-state index contributed by atoms with van der Waals surface area (Å²) in [4.78, 5) is 9.00. The summed E-state index contributed by atoms with van der Waals surface area (Å²) in [6, 6.07) is 6.16. The SMILES string of the molecule is CCNc1cc(Nc2cc(C)c(Br)c(C)c2)nc(CC)n1. The maximum atomic E-state index is 4.54. The van der Waals surface area contributed by atoms with E-state index in [4.69, 9.17) is 0 Å². The Labute approximate surface area is 134 Å². The topological polar surface area (TPSA) is 49.8 Å². The number of anilines is 3. The van der Waals surface area contributed by atoms with Gasteiger partial charge in [-0.15, -0.1) is 0 Å². The summed E-state index contributed by atoms with van der Waals surface area (Å²) >= 11 is 3.59. The molecule has 0 bridgehead atoms. The number of hydrogen-bond acceptors (Lipinski definition) is 4. The highest BCUT2D eigenvalue weighted by Crippen LogP contribution is 2.27. The first-order valence-electron chi connectivity index (χ1n) is 7.19. The van der Waals surface area contributed by atoms with Gasteiger partial charge >= 0.3 is 0 Å². The van der Waals surface area contributed by atoms with Gasteiger partial charge in [0.15, 0.2) is 0 Å². The third-order valence-electron chi connectivity index (χ3n) is 3.16. The Kier molecular flexibility index (Phi) is 5.17. The van der Waals surface area contributed by atoms with Crippen LogP contribution in [-0.2, 0) is 6.42 Å². The fraction of sp³-hybridized carbons (Fsp3) is 0.375. The minimum absolute atomic E-state index is 0.812. The first-order valence-corrected chi connectivity index (χ1v) is 7.98. The zero-order valence-corrected chi connectivity index (χ0v) is 14.5. The molecule has 2 aromatic rings. The van der Waals surface area contributed by atoms with Gasteiger partial charge in [0.05, 0.1) is 0 Å². The molecule has 0 spiro atoms. The van der Waals surface area contributed by atoms with E-state index in [9.17, 15) is 0 Å². The lowest BCUT2D eigenvalue weighted by molar-refractivity contribution is 0.939. The summed E-state index contributed by atoms with van der Waals surface area (Å²) in [5.74, 6) is 2.51. The molecule has 0 fully saturated rings. The van der Waals surface area contributed by atoms with Gasteiger partial charge in [0.25, 0.3) is 0 Å². The molecule has 5 heteroatoms. The Bertz CT molecular complexity index is 617. The number of aryl methyl sites for hydroxylation is 3. The van der Waals surface area contributed by atoms with Crippen molar-refractivity contribution >= 4 is 33.3 Å². The van der Waals surface area contributed by atoms with Crippen LogP contribution < -0.4 is 10.6 Å². The van der Waals surface area contributed by atoms with Crippen molar-refractivity contribution in [3.05, 3.63) is 39.6 Å².